The number of hydrogen-bond donors (Lipinski definition) is 1. The molecule has 0 heterocycles. The number of alkyl halides is 3. The van der Waals surface area contributed by atoms with Crippen molar-refractivity contribution in [2.24, 2.45) is 0 Å². The van der Waals surface area contributed by atoms with E-state index in [0.29, 0.717) is 0 Å². The topological polar surface area (TPSA) is 35.2 Å². The molecule has 0 fully saturated rings. The van der Waals surface area contributed by atoms with Gasteiger partial charge in [0.05, 0.1) is 15.7 Å². The molecule has 0 aliphatic carbocycles. The molecule has 0 radical (unpaired) electrons. The number of rotatable bonds is 2. The van der Waals surface area contributed by atoms with Gasteiger partial charge < -0.3 is 10.5 Å². The molecule has 2 aromatic carbocycles. The number of hydrogen-bond acceptors (Lipinski definition) is 2. The second-order valence-electron chi connectivity index (χ2n) is 3.93. The first-order valence-corrected chi connectivity index (χ1v) is 6.16. The lowest BCUT2D eigenvalue weighted by Gasteiger charge is -2.12. The van der Waals surface area contributed by atoms with E-state index in [-0.39, 0.29) is 21.7 Å². The molecule has 0 aliphatic heterocycles. The molecular weight excluding hydrogens is 342 g/mol. The minimum absolute atomic E-state index is 0.0662. The summed E-state index contributed by atoms with van der Waals surface area (Å²) in [5, 5.41) is 0. The van der Waals surface area contributed by atoms with Crippen LogP contribution in [0.2, 0.25) is 0 Å². The van der Waals surface area contributed by atoms with Gasteiger partial charge >= 0.3 is 6.18 Å². The van der Waals surface area contributed by atoms with Gasteiger partial charge in [0.1, 0.15) is 17.3 Å². The van der Waals surface area contributed by atoms with Gasteiger partial charge in [-0.15, -0.1) is 0 Å². The molecule has 0 atom stereocenters. The summed E-state index contributed by atoms with van der Waals surface area (Å²) in [4.78, 5) is 0. The predicted molar refractivity (Wildman–Crippen MR) is 70.0 cm³/mol. The van der Waals surface area contributed by atoms with Gasteiger partial charge in [0, 0.05) is 0 Å². The normalized spacial score (nSPS) is 11.4. The third kappa shape index (κ3) is 3.22. The zero-order chi connectivity index (χ0) is 14.9. The van der Waals surface area contributed by atoms with Gasteiger partial charge in [-0.3, -0.25) is 0 Å². The van der Waals surface area contributed by atoms with E-state index >= 15 is 0 Å². The zero-order valence-corrected chi connectivity index (χ0v) is 11.4. The van der Waals surface area contributed by atoms with Crippen LogP contribution in [0, 0.1) is 5.82 Å². The summed E-state index contributed by atoms with van der Waals surface area (Å²) in [6.45, 7) is 0. The Hall–Kier alpha value is -1.76. The summed E-state index contributed by atoms with van der Waals surface area (Å²) in [6, 6.07) is 6.64. The molecule has 106 valence electrons. The van der Waals surface area contributed by atoms with Gasteiger partial charge in [-0.1, -0.05) is 0 Å². The molecule has 2 N–H and O–H groups in total. The number of halogens is 5. The Labute approximate surface area is 120 Å². The molecule has 0 amide bonds. The Kier molecular flexibility index (Phi) is 3.89. The maximum absolute atomic E-state index is 13.0. The van der Waals surface area contributed by atoms with Crippen LogP contribution in [0.5, 0.6) is 11.5 Å². The van der Waals surface area contributed by atoms with Crippen LogP contribution in [0.1, 0.15) is 5.56 Å². The molecule has 0 saturated heterocycles. The molecule has 0 aliphatic rings. The van der Waals surface area contributed by atoms with Crippen LogP contribution in [0.4, 0.5) is 23.2 Å². The maximum Gasteiger partial charge on any atom is 0.416 e. The predicted octanol–water partition coefficient (Wildman–Crippen LogP) is 4.98. The number of nitrogen functional groups attached to an aromatic ring is 1. The summed E-state index contributed by atoms with van der Waals surface area (Å²) in [7, 11) is 0. The molecule has 2 aromatic rings. The third-order valence-electron chi connectivity index (χ3n) is 2.46. The smallest absolute Gasteiger partial charge is 0.416 e. The van der Waals surface area contributed by atoms with Crippen molar-refractivity contribution in [1.29, 1.82) is 0 Å². The van der Waals surface area contributed by atoms with Crippen LogP contribution in [-0.2, 0) is 6.18 Å². The lowest BCUT2D eigenvalue weighted by molar-refractivity contribution is -0.137. The van der Waals surface area contributed by atoms with Crippen LogP contribution < -0.4 is 10.5 Å². The SMILES string of the molecule is Nc1cc(C(F)(F)F)ccc1Oc1ccc(F)c(Br)c1. The van der Waals surface area contributed by atoms with E-state index in [9.17, 15) is 17.6 Å². The van der Waals surface area contributed by atoms with Crippen LogP contribution in [-0.4, -0.2) is 0 Å². The average molecular weight is 350 g/mol. The minimum Gasteiger partial charge on any atom is -0.455 e. The van der Waals surface area contributed by atoms with Gasteiger partial charge in [-0.25, -0.2) is 4.39 Å². The molecule has 2 nitrogen and oxygen atoms in total. The van der Waals surface area contributed by atoms with Gasteiger partial charge in [0.25, 0.3) is 0 Å². The molecule has 0 saturated carbocycles. The Balaban J connectivity index is 2.28. The Bertz CT molecular complexity index is 643. The number of anilines is 1. The fraction of sp³-hybridized carbons (Fsp3) is 0.0769. The van der Waals surface area contributed by atoms with Crippen LogP contribution in [0.3, 0.4) is 0 Å². The average Bonchev–Trinajstić information content (AvgIpc) is 2.35. The van der Waals surface area contributed by atoms with Crippen molar-refractivity contribution in [3.63, 3.8) is 0 Å². The monoisotopic (exact) mass is 349 g/mol. The van der Waals surface area contributed by atoms with E-state index in [1.54, 1.807) is 0 Å². The third-order valence-corrected chi connectivity index (χ3v) is 3.06. The summed E-state index contributed by atoms with van der Waals surface area (Å²) in [5.74, 6) is -0.154. The summed E-state index contributed by atoms with van der Waals surface area (Å²) in [5.41, 5.74) is 4.51. The standard InChI is InChI=1S/C13H8BrF4NO/c14-9-6-8(2-3-10(9)15)20-12-4-1-7(5-11(12)19)13(16,17)18/h1-6H,19H2. The van der Waals surface area contributed by atoms with Crippen molar-refractivity contribution in [3.8, 4) is 11.5 Å². The van der Waals surface area contributed by atoms with Crippen LogP contribution in [0.25, 0.3) is 0 Å². The molecule has 20 heavy (non-hydrogen) atoms. The van der Waals surface area contributed by atoms with E-state index < -0.39 is 17.6 Å². The number of ether oxygens (including phenoxy) is 1. The molecule has 0 spiro atoms. The lowest BCUT2D eigenvalue weighted by Crippen LogP contribution is -2.06. The Morgan fingerprint density at radius 3 is 2.30 bits per heavy atom. The van der Waals surface area contributed by atoms with E-state index in [1.807, 2.05) is 0 Å². The van der Waals surface area contributed by atoms with Crippen molar-refractivity contribution in [2.75, 3.05) is 5.73 Å². The van der Waals surface area contributed by atoms with Gasteiger partial charge in [0.15, 0.2) is 0 Å². The fourth-order valence-corrected chi connectivity index (χ4v) is 1.84. The van der Waals surface area contributed by atoms with Crippen molar-refractivity contribution < 1.29 is 22.3 Å². The largest absolute Gasteiger partial charge is 0.455 e. The zero-order valence-electron chi connectivity index (χ0n) is 9.84. The molecule has 7 heteroatoms. The highest BCUT2D eigenvalue weighted by molar-refractivity contribution is 9.10. The van der Waals surface area contributed by atoms with E-state index in [0.717, 1.165) is 18.2 Å². The molecule has 0 bridgehead atoms. The second kappa shape index (κ2) is 5.32. The fourth-order valence-electron chi connectivity index (χ4n) is 1.49. The first-order valence-electron chi connectivity index (χ1n) is 5.37. The number of benzene rings is 2. The molecule has 2 rings (SSSR count). The molecular formula is C13H8BrF4NO. The van der Waals surface area contributed by atoms with Gasteiger partial charge in [-0.05, 0) is 52.3 Å². The number of nitrogens with two attached hydrogens (primary N) is 1. The van der Waals surface area contributed by atoms with Crippen molar-refractivity contribution in [1.82, 2.24) is 0 Å². The van der Waals surface area contributed by atoms with Gasteiger partial charge in [-0.2, -0.15) is 13.2 Å². The minimum atomic E-state index is -4.47. The van der Waals surface area contributed by atoms with E-state index in [2.05, 4.69) is 15.9 Å². The Morgan fingerprint density at radius 1 is 1.05 bits per heavy atom. The highest BCUT2D eigenvalue weighted by Gasteiger charge is 2.30. The lowest BCUT2D eigenvalue weighted by atomic mass is 10.2. The van der Waals surface area contributed by atoms with E-state index in [4.69, 9.17) is 10.5 Å². The molecule has 0 aromatic heterocycles. The van der Waals surface area contributed by atoms with Gasteiger partial charge in [0.2, 0.25) is 0 Å². The van der Waals surface area contributed by atoms with Crippen LogP contribution >= 0.6 is 15.9 Å². The van der Waals surface area contributed by atoms with Crippen molar-refractivity contribution in [3.05, 3.63) is 52.3 Å². The van der Waals surface area contributed by atoms with Crippen molar-refractivity contribution in [2.45, 2.75) is 6.18 Å². The summed E-state index contributed by atoms with van der Waals surface area (Å²) in [6.07, 6.45) is -4.47. The van der Waals surface area contributed by atoms with E-state index in [1.165, 1.54) is 18.2 Å². The first kappa shape index (κ1) is 14.6. The summed E-state index contributed by atoms with van der Waals surface area (Å²) < 4.78 is 56.0. The highest BCUT2D eigenvalue weighted by atomic mass is 79.9. The second-order valence-corrected chi connectivity index (χ2v) is 4.78. The summed E-state index contributed by atoms with van der Waals surface area (Å²) >= 11 is 2.98. The quantitative estimate of drug-likeness (QED) is 0.612. The Morgan fingerprint density at radius 2 is 1.75 bits per heavy atom. The maximum atomic E-state index is 13.0. The first-order chi connectivity index (χ1) is 9.27. The van der Waals surface area contributed by atoms with Crippen LogP contribution in [0.15, 0.2) is 40.9 Å². The molecule has 0 unspecified atom stereocenters. The van der Waals surface area contributed by atoms with Crippen molar-refractivity contribution >= 4 is 21.6 Å². The highest BCUT2D eigenvalue weighted by Crippen LogP contribution is 2.35.